The van der Waals surface area contributed by atoms with Crippen LogP contribution in [0.2, 0.25) is 5.02 Å². The Labute approximate surface area is 104 Å². The van der Waals surface area contributed by atoms with Gasteiger partial charge in [-0.15, -0.1) is 5.10 Å². The summed E-state index contributed by atoms with van der Waals surface area (Å²) in [5, 5.41) is 10.2. The summed E-state index contributed by atoms with van der Waals surface area (Å²) in [7, 11) is 0. The molecule has 0 saturated carbocycles. The minimum absolute atomic E-state index is 0.0791. The number of tetrazole rings is 1. The highest BCUT2D eigenvalue weighted by molar-refractivity contribution is 6.35. The average molecular weight is 278 g/mol. The Balaban J connectivity index is 2.46. The van der Waals surface area contributed by atoms with E-state index in [1.807, 2.05) is 0 Å². The zero-order valence-corrected chi connectivity index (χ0v) is 9.57. The van der Waals surface area contributed by atoms with Gasteiger partial charge in [-0.1, -0.05) is 17.7 Å². The number of nitrogens with two attached hydrogens (primary N) is 1. The summed E-state index contributed by atoms with van der Waals surface area (Å²) < 4.78 is 37.6. The van der Waals surface area contributed by atoms with Crippen molar-refractivity contribution >= 4 is 17.3 Å². The van der Waals surface area contributed by atoms with E-state index in [9.17, 15) is 13.2 Å². The second kappa shape index (κ2) is 4.45. The van der Waals surface area contributed by atoms with E-state index in [1.165, 1.54) is 12.1 Å². The van der Waals surface area contributed by atoms with Crippen LogP contribution in [0.15, 0.2) is 18.2 Å². The molecule has 0 aliphatic carbocycles. The third-order valence-corrected chi connectivity index (χ3v) is 2.55. The summed E-state index contributed by atoms with van der Waals surface area (Å²) in [5.41, 5.74) is 6.07. The molecule has 0 amide bonds. The van der Waals surface area contributed by atoms with Crippen molar-refractivity contribution < 1.29 is 13.2 Å². The quantitative estimate of drug-likeness (QED) is 0.854. The molecule has 1 heterocycles. The Kier molecular flexibility index (Phi) is 3.12. The normalized spacial score (nSPS) is 11.8. The minimum Gasteiger partial charge on any atom is -0.398 e. The van der Waals surface area contributed by atoms with Gasteiger partial charge < -0.3 is 5.73 Å². The first kappa shape index (κ1) is 12.6. The molecule has 2 aromatic rings. The maximum Gasteiger partial charge on any atom is 0.408 e. The van der Waals surface area contributed by atoms with Crippen molar-refractivity contribution in [1.82, 2.24) is 20.2 Å². The molecular weight excluding hydrogens is 271 g/mol. The van der Waals surface area contributed by atoms with Gasteiger partial charge >= 0.3 is 6.18 Å². The van der Waals surface area contributed by atoms with Gasteiger partial charge in [-0.3, -0.25) is 0 Å². The van der Waals surface area contributed by atoms with Crippen molar-refractivity contribution in [2.24, 2.45) is 0 Å². The third-order valence-electron chi connectivity index (χ3n) is 2.13. The Morgan fingerprint density at radius 2 is 2.06 bits per heavy atom. The molecule has 0 spiro atoms. The Hall–Kier alpha value is -1.83. The standard InChI is InChI=1S/C9H7ClF3N5/c10-7-5(2-1-3-6(7)14)8-15-16-17-18(8)4-9(11,12)13/h1-3H,4,14H2. The molecule has 18 heavy (non-hydrogen) atoms. The second-order valence-corrected chi connectivity index (χ2v) is 3.86. The number of halogens is 4. The molecule has 9 heteroatoms. The van der Waals surface area contributed by atoms with Crippen LogP contribution >= 0.6 is 11.6 Å². The van der Waals surface area contributed by atoms with E-state index in [-0.39, 0.29) is 22.1 Å². The van der Waals surface area contributed by atoms with E-state index >= 15 is 0 Å². The first-order valence-electron chi connectivity index (χ1n) is 4.76. The number of nitrogen functional groups attached to an aromatic ring is 1. The highest BCUT2D eigenvalue weighted by atomic mass is 35.5. The number of nitrogens with zero attached hydrogens (tertiary/aromatic N) is 4. The molecule has 0 radical (unpaired) electrons. The van der Waals surface area contributed by atoms with E-state index in [2.05, 4.69) is 15.5 Å². The molecule has 0 unspecified atom stereocenters. The van der Waals surface area contributed by atoms with E-state index in [1.54, 1.807) is 6.07 Å². The SMILES string of the molecule is Nc1cccc(-c2nnnn2CC(F)(F)F)c1Cl. The number of anilines is 1. The number of rotatable bonds is 2. The fraction of sp³-hybridized carbons (Fsp3) is 0.222. The van der Waals surface area contributed by atoms with Gasteiger partial charge in [0.05, 0.1) is 10.7 Å². The number of alkyl halides is 3. The van der Waals surface area contributed by atoms with Crippen LogP contribution < -0.4 is 5.73 Å². The van der Waals surface area contributed by atoms with Crippen LogP contribution in [-0.4, -0.2) is 26.4 Å². The largest absolute Gasteiger partial charge is 0.408 e. The number of benzene rings is 1. The van der Waals surface area contributed by atoms with Crippen molar-refractivity contribution in [1.29, 1.82) is 0 Å². The lowest BCUT2D eigenvalue weighted by atomic mass is 10.2. The summed E-state index contributed by atoms with van der Waals surface area (Å²) in [4.78, 5) is 0. The molecule has 0 fully saturated rings. The lowest BCUT2D eigenvalue weighted by Gasteiger charge is -2.09. The van der Waals surface area contributed by atoms with Crippen LogP contribution in [0.5, 0.6) is 0 Å². The molecule has 0 atom stereocenters. The maximum absolute atomic E-state index is 12.3. The van der Waals surface area contributed by atoms with Crippen molar-refractivity contribution in [3.05, 3.63) is 23.2 Å². The molecule has 0 aliphatic rings. The Morgan fingerprint density at radius 3 is 2.72 bits per heavy atom. The number of aromatic nitrogens is 4. The first-order chi connectivity index (χ1) is 8.38. The first-order valence-corrected chi connectivity index (χ1v) is 5.13. The van der Waals surface area contributed by atoms with Crippen molar-refractivity contribution in [3.63, 3.8) is 0 Å². The fourth-order valence-corrected chi connectivity index (χ4v) is 1.61. The lowest BCUT2D eigenvalue weighted by molar-refractivity contribution is -0.142. The smallest absolute Gasteiger partial charge is 0.398 e. The molecule has 0 bridgehead atoms. The van der Waals surface area contributed by atoms with Crippen LogP contribution in [0.25, 0.3) is 11.4 Å². The number of hydrogen-bond acceptors (Lipinski definition) is 4. The summed E-state index contributed by atoms with van der Waals surface area (Å²) in [6, 6.07) is 4.59. The molecule has 5 nitrogen and oxygen atoms in total. The molecule has 0 aliphatic heterocycles. The highest BCUT2D eigenvalue weighted by Gasteiger charge is 2.30. The van der Waals surface area contributed by atoms with Crippen LogP contribution in [0.1, 0.15) is 0 Å². The van der Waals surface area contributed by atoms with Gasteiger partial charge in [0, 0.05) is 5.56 Å². The van der Waals surface area contributed by atoms with Gasteiger partial charge in [0.1, 0.15) is 6.54 Å². The Bertz CT molecular complexity index is 566. The predicted molar refractivity (Wildman–Crippen MR) is 58.7 cm³/mol. The van der Waals surface area contributed by atoms with Crippen LogP contribution in [0.3, 0.4) is 0 Å². The summed E-state index contributed by atoms with van der Waals surface area (Å²) >= 11 is 5.91. The molecule has 1 aromatic carbocycles. The third kappa shape index (κ3) is 2.53. The van der Waals surface area contributed by atoms with Crippen molar-refractivity contribution in [2.75, 3.05) is 5.73 Å². The number of hydrogen-bond donors (Lipinski definition) is 1. The maximum atomic E-state index is 12.3. The van der Waals surface area contributed by atoms with Crippen LogP contribution in [0.4, 0.5) is 18.9 Å². The molecule has 1 aromatic heterocycles. The zero-order chi connectivity index (χ0) is 13.3. The van der Waals surface area contributed by atoms with Crippen molar-refractivity contribution in [2.45, 2.75) is 12.7 Å². The van der Waals surface area contributed by atoms with Gasteiger partial charge in [-0.2, -0.15) is 13.2 Å². The van der Waals surface area contributed by atoms with E-state index in [0.29, 0.717) is 4.68 Å². The molecule has 96 valence electrons. The average Bonchev–Trinajstić information content (AvgIpc) is 2.67. The minimum atomic E-state index is -4.42. The summed E-state index contributed by atoms with van der Waals surface area (Å²) in [5.74, 6) is -0.0791. The van der Waals surface area contributed by atoms with Gasteiger partial charge in [0.25, 0.3) is 0 Å². The highest BCUT2D eigenvalue weighted by Crippen LogP contribution is 2.31. The van der Waals surface area contributed by atoms with Gasteiger partial charge in [0.15, 0.2) is 5.82 Å². The second-order valence-electron chi connectivity index (χ2n) is 3.48. The molecular formula is C9H7ClF3N5. The van der Waals surface area contributed by atoms with E-state index in [0.717, 1.165) is 0 Å². The molecule has 2 rings (SSSR count). The monoisotopic (exact) mass is 277 g/mol. The Morgan fingerprint density at radius 1 is 1.33 bits per heavy atom. The van der Waals surface area contributed by atoms with Gasteiger partial charge in [-0.05, 0) is 22.6 Å². The zero-order valence-electron chi connectivity index (χ0n) is 8.82. The van der Waals surface area contributed by atoms with Crippen molar-refractivity contribution in [3.8, 4) is 11.4 Å². The summed E-state index contributed by atoms with van der Waals surface area (Å²) in [6.45, 7) is -1.29. The van der Waals surface area contributed by atoms with Gasteiger partial charge in [0.2, 0.25) is 0 Å². The summed E-state index contributed by atoms with van der Waals surface area (Å²) in [6.07, 6.45) is -4.42. The molecule has 2 N–H and O–H groups in total. The van der Waals surface area contributed by atoms with E-state index < -0.39 is 12.7 Å². The topological polar surface area (TPSA) is 69.6 Å². The predicted octanol–water partition coefficient (Wildman–Crippen LogP) is 2.14. The van der Waals surface area contributed by atoms with E-state index in [4.69, 9.17) is 17.3 Å². The van der Waals surface area contributed by atoms with Gasteiger partial charge in [-0.25, -0.2) is 4.68 Å². The van der Waals surface area contributed by atoms with Crippen LogP contribution in [0, 0.1) is 0 Å². The lowest BCUT2D eigenvalue weighted by Crippen LogP contribution is -2.19. The molecule has 0 saturated heterocycles. The fourth-order valence-electron chi connectivity index (χ4n) is 1.40. The van der Waals surface area contributed by atoms with Crippen LogP contribution in [-0.2, 0) is 6.54 Å².